The molecule has 3 nitrogen and oxygen atoms in total. The summed E-state index contributed by atoms with van der Waals surface area (Å²) in [6, 6.07) is 8.26. The maximum Gasteiger partial charge on any atom is 0.119 e. The Bertz CT molecular complexity index is 331. The molecule has 0 fully saturated rings. The van der Waals surface area contributed by atoms with E-state index in [2.05, 4.69) is 43.1 Å². The maximum absolute atomic E-state index is 5.58. The Morgan fingerprint density at radius 1 is 0.900 bits per heavy atom. The van der Waals surface area contributed by atoms with E-state index in [0.29, 0.717) is 0 Å². The van der Waals surface area contributed by atoms with Crippen LogP contribution in [0.4, 0.5) is 5.69 Å². The smallest absolute Gasteiger partial charge is 0.119 e. The summed E-state index contributed by atoms with van der Waals surface area (Å²) in [5.74, 6) is 0.955. The Hall–Kier alpha value is -1.22. The molecule has 0 saturated heterocycles. The molecule has 0 spiro atoms. The second kappa shape index (κ2) is 10.6. The molecular weight excluding hydrogens is 248 g/mol. The van der Waals surface area contributed by atoms with E-state index in [1.54, 1.807) is 0 Å². The summed E-state index contributed by atoms with van der Waals surface area (Å²) in [5.41, 5.74) is 1.17. The van der Waals surface area contributed by atoms with Crippen molar-refractivity contribution in [2.24, 2.45) is 0 Å². The fourth-order valence-electron chi connectivity index (χ4n) is 2.22. The number of ether oxygens (including phenoxy) is 1. The SMILES string of the molecule is CCCOc1ccc(NCCN(CCC)CCC)cc1. The largest absolute Gasteiger partial charge is 0.494 e. The summed E-state index contributed by atoms with van der Waals surface area (Å²) in [5, 5.41) is 3.48. The lowest BCUT2D eigenvalue weighted by atomic mass is 10.3. The first-order valence-corrected chi connectivity index (χ1v) is 7.99. The summed E-state index contributed by atoms with van der Waals surface area (Å²) < 4.78 is 5.58. The van der Waals surface area contributed by atoms with Crippen LogP contribution in [-0.2, 0) is 0 Å². The van der Waals surface area contributed by atoms with Gasteiger partial charge in [0, 0.05) is 18.8 Å². The quantitative estimate of drug-likeness (QED) is 0.662. The first-order valence-electron chi connectivity index (χ1n) is 7.99. The van der Waals surface area contributed by atoms with Gasteiger partial charge in [-0.15, -0.1) is 0 Å². The molecule has 1 rings (SSSR count). The summed E-state index contributed by atoms with van der Waals surface area (Å²) >= 11 is 0. The summed E-state index contributed by atoms with van der Waals surface area (Å²) in [4.78, 5) is 2.52. The molecule has 0 radical (unpaired) electrons. The van der Waals surface area contributed by atoms with Gasteiger partial charge < -0.3 is 15.0 Å². The molecule has 3 heteroatoms. The topological polar surface area (TPSA) is 24.5 Å². The average Bonchev–Trinajstić information content (AvgIpc) is 2.47. The third-order valence-corrected chi connectivity index (χ3v) is 3.16. The second-order valence-corrected chi connectivity index (χ2v) is 5.14. The first-order chi connectivity index (χ1) is 9.80. The van der Waals surface area contributed by atoms with Crippen molar-refractivity contribution in [3.05, 3.63) is 24.3 Å². The minimum absolute atomic E-state index is 0.787. The Morgan fingerprint density at radius 2 is 1.55 bits per heavy atom. The molecule has 0 aliphatic carbocycles. The van der Waals surface area contributed by atoms with Gasteiger partial charge in [0.15, 0.2) is 0 Å². The Balaban J connectivity index is 2.30. The molecule has 0 saturated carbocycles. The monoisotopic (exact) mass is 278 g/mol. The van der Waals surface area contributed by atoms with Gasteiger partial charge in [0.25, 0.3) is 0 Å². The number of rotatable bonds is 11. The normalized spacial score (nSPS) is 10.8. The Morgan fingerprint density at radius 3 is 2.10 bits per heavy atom. The van der Waals surface area contributed by atoms with Crippen LogP contribution in [0.3, 0.4) is 0 Å². The van der Waals surface area contributed by atoms with Crippen molar-refractivity contribution in [1.29, 1.82) is 0 Å². The molecule has 0 atom stereocenters. The molecule has 0 aromatic heterocycles. The van der Waals surface area contributed by atoms with Crippen molar-refractivity contribution in [3.8, 4) is 5.75 Å². The minimum atomic E-state index is 0.787. The van der Waals surface area contributed by atoms with Crippen LogP contribution < -0.4 is 10.1 Å². The number of nitrogens with one attached hydrogen (secondary N) is 1. The fourth-order valence-corrected chi connectivity index (χ4v) is 2.22. The van der Waals surface area contributed by atoms with Crippen LogP contribution in [0.5, 0.6) is 5.75 Å². The molecule has 1 aromatic carbocycles. The van der Waals surface area contributed by atoms with Gasteiger partial charge in [0.1, 0.15) is 5.75 Å². The average molecular weight is 278 g/mol. The number of anilines is 1. The standard InChI is InChI=1S/C17H30N2O/c1-4-12-19(13-5-2)14-11-18-16-7-9-17(10-8-16)20-15-6-3/h7-10,18H,4-6,11-15H2,1-3H3. The molecule has 114 valence electrons. The van der Waals surface area contributed by atoms with E-state index in [9.17, 15) is 0 Å². The number of benzene rings is 1. The van der Waals surface area contributed by atoms with Gasteiger partial charge >= 0.3 is 0 Å². The van der Waals surface area contributed by atoms with Gasteiger partial charge in [0.05, 0.1) is 6.61 Å². The van der Waals surface area contributed by atoms with Gasteiger partial charge in [-0.3, -0.25) is 0 Å². The second-order valence-electron chi connectivity index (χ2n) is 5.14. The zero-order valence-corrected chi connectivity index (χ0v) is 13.3. The van der Waals surface area contributed by atoms with E-state index >= 15 is 0 Å². The molecule has 0 heterocycles. The fraction of sp³-hybridized carbons (Fsp3) is 0.647. The summed E-state index contributed by atoms with van der Waals surface area (Å²) in [6.45, 7) is 11.9. The van der Waals surface area contributed by atoms with Crippen LogP contribution in [-0.4, -0.2) is 37.7 Å². The zero-order valence-electron chi connectivity index (χ0n) is 13.3. The van der Waals surface area contributed by atoms with Crippen molar-refractivity contribution >= 4 is 5.69 Å². The Labute approximate surface area is 124 Å². The van der Waals surface area contributed by atoms with Crippen molar-refractivity contribution in [3.63, 3.8) is 0 Å². The van der Waals surface area contributed by atoms with Crippen LogP contribution in [0.2, 0.25) is 0 Å². The van der Waals surface area contributed by atoms with Crippen LogP contribution in [0.1, 0.15) is 40.0 Å². The van der Waals surface area contributed by atoms with E-state index in [1.165, 1.54) is 31.6 Å². The van der Waals surface area contributed by atoms with Gasteiger partial charge in [-0.1, -0.05) is 20.8 Å². The highest BCUT2D eigenvalue weighted by molar-refractivity contribution is 5.46. The van der Waals surface area contributed by atoms with Gasteiger partial charge in [-0.2, -0.15) is 0 Å². The number of hydrogen-bond acceptors (Lipinski definition) is 3. The van der Waals surface area contributed by atoms with Crippen LogP contribution in [0.15, 0.2) is 24.3 Å². The molecular formula is C17H30N2O. The van der Waals surface area contributed by atoms with E-state index in [1.807, 2.05) is 12.1 Å². The van der Waals surface area contributed by atoms with Crippen LogP contribution in [0, 0.1) is 0 Å². The predicted octanol–water partition coefficient (Wildman–Crippen LogP) is 4.01. The molecule has 1 N–H and O–H groups in total. The third kappa shape index (κ3) is 6.80. The Kier molecular flexibility index (Phi) is 8.88. The maximum atomic E-state index is 5.58. The van der Waals surface area contributed by atoms with Crippen LogP contribution >= 0.6 is 0 Å². The lowest BCUT2D eigenvalue weighted by molar-refractivity contribution is 0.285. The predicted molar refractivity (Wildman–Crippen MR) is 87.7 cm³/mol. The van der Waals surface area contributed by atoms with Crippen molar-refractivity contribution in [1.82, 2.24) is 4.90 Å². The molecule has 20 heavy (non-hydrogen) atoms. The van der Waals surface area contributed by atoms with Crippen molar-refractivity contribution < 1.29 is 4.74 Å². The molecule has 0 unspecified atom stereocenters. The third-order valence-electron chi connectivity index (χ3n) is 3.16. The molecule has 0 aliphatic heterocycles. The lowest BCUT2D eigenvalue weighted by Gasteiger charge is -2.21. The van der Waals surface area contributed by atoms with E-state index in [0.717, 1.165) is 31.9 Å². The zero-order chi connectivity index (χ0) is 14.6. The summed E-state index contributed by atoms with van der Waals surface area (Å²) in [7, 11) is 0. The van der Waals surface area contributed by atoms with Gasteiger partial charge in [-0.05, 0) is 56.6 Å². The van der Waals surface area contributed by atoms with Crippen LogP contribution in [0.25, 0.3) is 0 Å². The summed E-state index contributed by atoms with van der Waals surface area (Å²) in [6.07, 6.45) is 3.50. The molecule has 0 aliphatic rings. The lowest BCUT2D eigenvalue weighted by Crippen LogP contribution is -2.30. The molecule has 0 bridgehead atoms. The van der Waals surface area contributed by atoms with Gasteiger partial charge in [0.2, 0.25) is 0 Å². The highest BCUT2D eigenvalue weighted by Crippen LogP contribution is 2.15. The first kappa shape index (κ1) is 16.8. The van der Waals surface area contributed by atoms with Gasteiger partial charge in [-0.25, -0.2) is 0 Å². The minimum Gasteiger partial charge on any atom is -0.494 e. The molecule has 0 amide bonds. The van der Waals surface area contributed by atoms with E-state index in [-0.39, 0.29) is 0 Å². The number of nitrogens with zero attached hydrogens (tertiary/aromatic N) is 1. The highest BCUT2D eigenvalue weighted by Gasteiger charge is 2.01. The number of hydrogen-bond donors (Lipinski definition) is 1. The van der Waals surface area contributed by atoms with Crippen molar-refractivity contribution in [2.45, 2.75) is 40.0 Å². The van der Waals surface area contributed by atoms with E-state index < -0.39 is 0 Å². The van der Waals surface area contributed by atoms with E-state index in [4.69, 9.17) is 4.74 Å². The highest BCUT2D eigenvalue weighted by atomic mass is 16.5. The molecule has 1 aromatic rings. The van der Waals surface area contributed by atoms with Crippen molar-refractivity contribution in [2.75, 3.05) is 38.1 Å².